The molecule has 0 radical (unpaired) electrons. The summed E-state index contributed by atoms with van der Waals surface area (Å²) in [5.41, 5.74) is 4.60. The van der Waals surface area contributed by atoms with E-state index in [2.05, 4.69) is 35.3 Å². The summed E-state index contributed by atoms with van der Waals surface area (Å²) in [4.78, 5) is 2.57. The van der Waals surface area contributed by atoms with Gasteiger partial charge in [0, 0.05) is 31.4 Å². The van der Waals surface area contributed by atoms with Crippen molar-refractivity contribution in [3.05, 3.63) is 29.3 Å². The minimum Gasteiger partial charge on any atom is -0.371 e. The summed E-state index contributed by atoms with van der Waals surface area (Å²) in [6.45, 7) is 5.82. The highest BCUT2D eigenvalue weighted by molar-refractivity contribution is 5.58. The normalized spacial score (nSPS) is 24.6. The highest BCUT2D eigenvalue weighted by atomic mass is 15.1. The largest absolute Gasteiger partial charge is 0.371 e. The molecule has 0 aliphatic carbocycles. The first-order valence-electron chi connectivity index (χ1n) is 6.44. The zero-order valence-electron chi connectivity index (χ0n) is 10.00. The molecule has 1 aromatic rings. The van der Waals surface area contributed by atoms with E-state index in [4.69, 9.17) is 0 Å². The Kier molecular flexibility index (Phi) is 2.60. The first-order valence-corrected chi connectivity index (χ1v) is 6.44. The van der Waals surface area contributed by atoms with Crippen LogP contribution in [-0.2, 0) is 13.0 Å². The van der Waals surface area contributed by atoms with Crippen LogP contribution in [0, 0.1) is 0 Å². The van der Waals surface area contributed by atoms with Gasteiger partial charge in [0.2, 0.25) is 0 Å². The smallest absolute Gasteiger partial charge is 0.0402 e. The first kappa shape index (κ1) is 10.2. The summed E-state index contributed by atoms with van der Waals surface area (Å²) in [5, 5.41) is 3.54. The molecule has 1 saturated heterocycles. The van der Waals surface area contributed by atoms with Crippen LogP contribution in [0.3, 0.4) is 0 Å². The molecule has 2 nitrogen and oxygen atoms in total. The molecule has 2 aliphatic heterocycles. The van der Waals surface area contributed by atoms with Gasteiger partial charge in [-0.3, -0.25) is 0 Å². The van der Waals surface area contributed by atoms with Gasteiger partial charge in [-0.25, -0.2) is 0 Å². The third-order valence-electron chi connectivity index (χ3n) is 3.85. The highest BCUT2D eigenvalue weighted by Crippen LogP contribution is 2.30. The van der Waals surface area contributed by atoms with Crippen LogP contribution in [-0.4, -0.2) is 19.1 Å². The van der Waals surface area contributed by atoms with Gasteiger partial charge in [-0.15, -0.1) is 0 Å². The fraction of sp³-hybridized carbons (Fsp3) is 0.571. The standard InChI is InChI=1S/C14H20N2/c1-11-9-13-12(10-15-11)5-4-6-14(13)16-7-2-3-8-16/h4-6,11,15H,2-3,7-10H2,1H3. The van der Waals surface area contributed by atoms with Gasteiger partial charge in [-0.1, -0.05) is 12.1 Å². The minimum atomic E-state index is 0.622. The molecule has 2 heterocycles. The number of benzene rings is 1. The Morgan fingerprint density at radius 2 is 2.06 bits per heavy atom. The van der Waals surface area contributed by atoms with Crippen LogP contribution < -0.4 is 10.2 Å². The van der Waals surface area contributed by atoms with Crippen LogP contribution in [0.15, 0.2) is 18.2 Å². The molecular weight excluding hydrogens is 196 g/mol. The lowest BCUT2D eigenvalue weighted by Crippen LogP contribution is -2.34. The molecule has 1 aromatic carbocycles. The number of fused-ring (bicyclic) bond motifs is 1. The third-order valence-corrected chi connectivity index (χ3v) is 3.85. The third kappa shape index (κ3) is 1.71. The lowest BCUT2D eigenvalue weighted by molar-refractivity contribution is 0.513. The molecule has 0 amide bonds. The van der Waals surface area contributed by atoms with Crippen molar-refractivity contribution in [2.75, 3.05) is 18.0 Å². The molecule has 1 atom stereocenters. The van der Waals surface area contributed by atoms with Crippen molar-refractivity contribution in [3.63, 3.8) is 0 Å². The van der Waals surface area contributed by atoms with Crippen LogP contribution in [0.25, 0.3) is 0 Å². The van der Waals surface area contributed by atoms with E-state index in [1.54, 1.807) is 5.56 Å². The first-order chi connectivity index (χ1) is 7.84. The number of hydrogen-bond acceptors (Lipinski definition) is 2. The Morgan fingerprint density at radius 3 is 2.88 bits per heavy atom. The molecule has 86 valence electrons. The second kappa shape index (κ2) is 4.10. The molecule has 1 unspecified atom stereocenters. The van der Waals surface area contributed by atoms with Crippen LogP contribution >= 0.6 is 0 Å². The number of hydrogen-bond donors (Lipinski definition) is 1. The van der Waals surface area contributed by atoms with Crippen molar-refractivity contribution in [1.82, 2.24) is 5.32 Å². The summed E-state index contributed by atoms with van der Waals surface area (Å²) in [6.07, 6.45) is 3.90. The summed E-state index contributed by atoms with van der Waals surface area (Å²) in [7, 11) is 0. The van der Waals surface area contributed by atoms with Gasteiger partial charge in [-0.05, 0) is 43.4 Å². The predicted octanol–water partition coefficient (Wildman–Crippen LogP) is 2.32. The molecule has 0 saturated carbocycles. The molecule has 1 fully saturated rings. The van der Waals surface area contributed by atoms with Gasteiger partial charge in [-0.2, -0.15) is 0 Å². The quantitative estimate of drug-likeness (QED) is 0.775. The average Bonchev–Trinajstić information content (AvgIpc) is 2.81. The lowest BCUT2D eigenvalue weighted by atomic mass is 9.94. The second-order valence-corrected chi connectivity index (χ2v) is 5.10. The Morgan fingerprint density at radius 1 is 1.25 bits per heavy atom. The van der Waals surface area contributed by atoms with Gasteiger partial charge in [0.25, 0.3) is 0 Å². The van der Waals surface area contributed by atoms with E-state index in [-0.39, 0.29) is 0 Å². The summed E-state index contributed by atoms with van der Waals surface area (Å²) in [6, 6.07) is 7.41. The van der Waals surface area contributed by atoms with E-state index < -0.39 is 0 Å². The Balaban J connectivity index is 1.98. The molecule has 3 rings (SSSR count). The monoisotopic (exact) mass is 216 g/mol. The molecular formula is C14H20N2. The van der Waals surface area contributed by atoms with Gasteiger partial charge in [0.1, 0.15) is 0 Å². The predicted molar refractivity (Wildman–Crippen MR) is 67.9 cm³/mol. The maximum absolute atomic E-state index is 3.54. The van der Waals surface area contributed by atoms with Crippen LogP contribution in [0.1, 0.15) is 30.9 Å². The zero-order chi connectivity index (χ0) is 11.0. The molecule has 0 aromatic heterocycles. The maximum Gasteiger partial charge on any atom is 0.0402 e. The Hall–Kier alpha value is -1.02. The van der Waals surface area contributed by atoms with E-state index >= 15 is 0 Å². The van der Waals surface area contributed by atoms with Crippen molar-refractivity contribution in [3.8, 4) is 0 Å². The van der Waals surface area contributed by atoms with E-state index in [9.17, 15) is 0 Å². The second-order valence-electron chi connectivity index (χ2n) is 5.10. The molecule has 2 aliphatic rings. The summed E-state index contributed by atoms with van der Waals surface area (Å²) < 4.78 is 0. The molecule has 0 bridgehead atoms. The van der Waals surface area contributed by atoms with Crippen molar-refractivity contribution in [2.24, 2.45) is 0 Å². The number of anilines is 1. The molecule has 16 heavy (non-hydrogen) atoms. The molecule has 2 heteroatoms. The Bertz CT molecular complexity index is 380. The summed E-state index contributed by atoms with van der Waals surface area (Å²) in [5.74, 6) is 0. The molecule has 1 N–H and O–H groups in total. The zero-order valence-corrected chi connectivity index (χ0v) is 10.00. The number of nitrogens with one attached hydrogen (secondary N) is 1. The fourth-order valence-electron chi connectivity index (χ4n) is 2.94. The van der Waals surface area contributed by atoms with Crippen LogP contribution in [0.5, 0.6) is 0 Å². The van der Waals surface area contributed by atoms with E-state index in [0.717, 1.165) is 6.54 Å². The van der Waals surface area contributed by atoms with Crippen molar-refractivity contribution >= 4 is 5.69 Å². The van der Waals surface area contributed by atoms with Crippen LogP contribution in [0.4, 0.5) is 5.69 Å². The van der Waals surface area contributed by atoms with Gasteiger partial charge in [0.05, 0.1) is 0 Å². The van der Waals surface area contributed by atoms with Crippen molar-refractivity contribution in [1.29, 1.82) is 0 Å². The summed E-state index contributed by atoms with van der Waals surface area (Å²) >= 11 is 0. The van der Waals surface area contributed by atoms with E-state index in [1.807, 2.05) is 0 Å². The topological polar surface area (TPSA) is 15.3 Å². The SMILES string of the molecule is CC1Cc2c(cccc2N2CCCC2)CN1. The van der Waals surface area contributed by atoms with Crippen molar-refractivity contribution < 1.29 is 0 Å². The van der Waals surface area contributed by atoms with Crippen molar-refractivity contribution in [2.45, 2.75) is 38.8 Å². The van der Waals surface area contributed by atoms with Crippen LogP contribution in [0.2, 0.25) is 0 Å². The number of nitrogens with zero attached hydrogens (tertiary/aromatic N) is 1. The van der Waals surface area contributed by atoms with E-state index in [0.29, 0.717) is 6.04 Å². The maximum atomic E-state index is 3.54. The van der Waals surface area contributed by atoms with Gasteiger partial charge in [0.15, 0.2) is 0 Å². The van der Waals surface area contributed by atoms with Gasteiger partial charge < -0.3 is 10.2 Å². The highest BCUT2D eigenvalue weighted by Gasteiger charge is 2.21. The number of rotatable bonds is 1. The average molecular weight is 216 g/mol. The van der Waals surface area contributed by atoms with E-state index in [1.165, 1.54) is 43.6 Å². The Labute approximate surface area is 97.6 Å². The lowest BCUT2D eigenvalue weighted by Gasteiger charge is -2.29. The minimum absolute atomic E-state index is 0.622. The fourth-order valence-corrected chi connectivity index (χ4v) is 2.94. The van der Waals surface area contributed by atoms with Gasteiger partial charge >= 0.3 is 0 Å². The molecule has 0 spiro atoms.